The van der Waals surface area contributed by atoms with Gasteiger partial charge in [0.25, 0.3) is 0 Å². The number of hydrogen-bond acceptors (Lipinski definition) is 3. The summed E-state index contributed by atoms with van der Waals surface area (Å²) in [6.45, 7) is 8.08. The molecule has 1 atom stereocenters. The van der Waals surface area contributed by atoms with Crippen LogP contribution in [0.3, 0.4) is 0 Å². The van der Waals surface area contributed by atoms with Gasteiger partial charge in [-0.25, -0.2) is 9.89 Å². The molecule has 1 fully saturated rings. The van der Waals surface area contributed by atoms with Crippen LogP contribution in [0.4, 0.5) is 0 Å². The Kier molecular flexibility index (Phi) is 2.88. The molecule has 16 heavy (non-hydrogen) atoms. The molecule has 0 amide bonds. The number of hydrogen-bond donors (Lipinski definition) is 2. The van der Waals surface area contributed by atoms with E-state index in [1.165, 1.54) is 0 Å². The van der Waals surface area contributed by atoms with E-state index >= 15 is 0 Å². The predicted molar refractivity (Wildman–Crippen MR) is 62.7 cm³/mol. The Labute approximate surface area is 95.2 Å². The summed E-state index contributed by atoms with van der Waals surface area (Å²) in [6, 6.07) is 0. The van der Waals surface area contributed by atoms with Gasteiger partial charge in [-0.1, -0.05) is 0 Å². The van der Waals surface area contributed by atoms with Crippen LogP contribution in [0.25, 0.3) is 0 Å². The van der Waals surface area contributed by atoms with E-state index in [-0.39, 0.29) is 11.2 Å². The molecule has 0 bridgehead atoms. The van der Waals surface area contributed by atoms with Crippen molar-refractivity contribution in [3.63, 3.8) is 0 Å². The van der Waals surface area contributed by atoms with Crippen molar-refractivity contribution in [2.45, 2.75) is 45.1 Å². The average Bonchev–Trinajstić information content (AvgIpc) is 2.61. The minimum Gasteiger partial charge on any atom is -0.316 e. The van der Waals surface area contributed by atoms with Crippen LogP contribution in [-0.2, 0) is 5.54 Å². The second kappa shape index (κ2) is 4.05. The first kappa shape index (κ1) is 11.4. The topological polar surface area (TPSA) is 62.7 Å². The largest absolute Gasteiger partial charge is 0.343 e. The molecule has 5 nitrogen and oxygen atoms in total. The minimum absolute atomic E-state index is 0.104. The first-order valence-electron chi connectivity index (χ1n) is 5.88. The molecule has 1 aromatic heterocycles. The molecule has 0 aromatic carbocycles. The van der Waals surface area contributed by atoms with Gasteiger partial charge in [-0.05, 0) is 40.2 Å². The number of piperidine rings is 1. The maximum Gasteiger partial charge on any atom is 0.343 e. The van der Waals surface area contributed by atoms with Crippen molar-refractivity contribution in [3.8, 4) is 0 Å². The molecule has 1 aromatic rings. The first-order chi connectivity index (χ1) is 7.50. The minimum atomic E-state index is -0.211. The Hall–Kier alpha value is -1.10. The van der Waals surface area contributed by atoms with Crippen molar-refractivity contribution in [2.75, 3.05) is 13.1 Å². The van der Waals surface area contributed by atoms with E-state index in [2.05, 4.69) is 15.5 Å². The van der Waals surface area contributed by atoms with Crippen molar-refractivity contribution in [1.82, 2.24) is 20.1 Å². The number of aromatic amines is 1. The van der Waals surface area contributed by atoms with Crippen molar-refractivity contribution < 1.29 is 0 Å². The number of aromatic nitrogens is 3. The van der Waals surface area contributed by atoms with Crippen LogP contribution < -0.4 is 11.0 Å². The fourth-order valence-electron chi connectivity index (χ4n) is 2.30. The van der Waals surface area contributed by atoms with E-state index in [0.29, 0.717) is 5.92 Å². The molecule has 1 aliphatic heterocycles. The standard InChI is InChI=1S/C11H20N4O/c1-11(2,3)15-9(13-14-10(15)16)8-5-4-6-12-7-8/h8,12H,4-7H2,1-3H3,(H,14,16). The predicted octanol–water partition coefficient (Wildman–Crippen LogP) is 0.793. The molecule has 2 N–H and O–H groups in total. The lowest BCUT2D eigenvalue weighted by Gasteiger charge is -2.27. The third-order valence-electron chi connectivity index (χ3n) is 3.03. The van der Waals surface area contributed by atoms with E-state index in [9.17, 15) is 4.79 Å². The fraction of sp³-hybridized carbons (Fsp3) is 0.818. The van der Waals surface area contributed by atoms with Crippen LogP contribution in [0.5, 0.6) is 0 Å². The summed E-state index contributed by atoms with van der Waals surface area (Å²) in [5, 5.41) is 10.1. The van der Waals surface area contributed by atoms with Crippen molar-refractivity contribution >= 4 is 0 Å². The second-order valence-electron chi connectivity index (χ2n) is 5.44. The van der Waals surface area contributed by atoms with E-state index in [0.717, 1.165) is 31.8 Å². The molecule has 0 spiro atoms. The number of H-pyrrole nitrogens is 1. The summed E-state index contributed by atoms with van der Waals surface area (Å²) in [6.07, 6.45) is 2.25. The molecule has 1 saturated heterocycles. The lowest BCUT2D eigenvalue weighted by atomic mass is 9.97. The fourth-order valence-corrected chi connectivity index (χ4v) is 2.30. The number of nitrogens with one attached hydrogen (secondary N) is 2. The third-order valence-corrected chi connectivity index (χ3v) is 3.03. The zero-order valence-electron chi connectivity index (χ0n) is 10.2. The zero-order valence-corrected chi connectivity index (χ0v) is 10.2. The van der Waals surface area contributed by atoms with E-state index in [1.54, 1.807) is 4.57 Å². The normalized spacial score (nSPS) is 22.3. The Morgan fingerprint density at radius 3 is 2.75 bits per heavy atom. The SMILES string of the molecule is CC(C)(C)n1c(C2CCCNC2)n[nH]c1=O. The average molecular weight is 224 g/mol. The Balaban J connectivity index is 2.37. The van der Waals surface area contributed by atoms with Crippen LogP contribution >= 0.6 is 0 Å². The summed E-state index contributed by atoms with van der Waals surface area (Å²) >= 11 is 0. The Bertz CT molecular complexity index is 406. The summed E-state index contributed by atoms with van der Waals surface area (Å²) in [7, 11) is 0. The molecule has 1 aliphatic rings. The quantitative estimate of drug-likeness (QED) is 0.741. The molecule has 0 aliphatic carbocycles. The Morgan fingerprint density at radius 1 is 1.44 bits per heavy atom. The molecule has 0 radical (unpaired) electrons. The number of rotatable bonds is 1. The van der Waals surface area contributed by atoms with Gasteiger partial charge in [0.2, 0.25) is 0 Å². The highest BCUT2D eigenvalue weighted by Crippen LogP contribution is 2.24. The van der Waals surface area contributed by atoms with Gasteiger partial charge in [0, 0.05) is 18.0 Å². The molecule has 2 rings (SSSR count). The van der Waals surface area contributed by atoms with Crippen LogP contribution in [0, 0.1) is 0 Å². The van der Waals surface area contributed by atoms with E-state index in [4.69, 9.17) is 0 Å². The van der Waals surface area contributed by atoms with Gasteiger partial charge in [-0.2, -0.15) is 5.10 Å². The molecule has 0 saturated carbocycles. The summed E-state index contributed by atoms with van der Waals surface area (Å²) in [5.41, 5.74) is -0.315. The molecular formula is C11H20N4O. The van der Waals surface area contributed by atoms with Gasteiger partial charge in [-0.3, -0.25) is 4.57 Å². The highest BCUT2D eigenvalue weighted by molar-refractivity contribution is 5.02. The maximum absolute atomic E-state index is 11.8. The van der Waals surface area contributed by atoms with Crippen molar-refractivity contribution in [2.24, 2.45) is 0 Å². The van der Waals surface area contributed by atoms with Gasteiger partial charge >= 0.3 is 5.69 Å². The van der Waals surface area contributed by atoms with Gasteiger partial charge in [0.05, 0.1) is 0 Å². The third kappa shape index (κ3) is 2.04. The van der Waals surface area contributed by atoms with Gasteiger partial charge in [0.15, 0.2) is 0 Å². The number of nitrogens with zero attached hydrogens (tertiary/aromatic N) is 2. The molecule has 5 heteroatoms. The monoisotopic (exact) mass is 224 g/mol. The second-order valence-corrected chi connectivity index (χ2v) is 5.44. The lowest BCUT2D eigenvalue weighted by Crippen LogP contribution is -2.37. The van der Waals surface area contributed by atoms with Crippen LogP contribution in [0.1, 0.15) is 45.4 Å². The van der Waals surface area contributed by atoms with E-state index < -0.39 is 0 Å². The summed E-state index contributed by atoms with van der Waals surface area (Å²) in [4.78, 5) is 11.8. The molecule has 90 valence electrons. The van der Waals surface area contributed by atoms with Gasteiger partial charge < -0.3 is 5.32 Å². The smallest absolute Gasteiger partial charge is 0.316 e. The highest BCUT2D eigenvalue weighted by atomic mass is 16.1. The molecular weight excluding hydrogens is 204 g/mol. The molecule has 1 unspecified atom stereocenters. The van der Waals surface area contributed by atoms with Crippen molar-refractivity contribution in [1.29, 1.82) is 0 Å². The van der Waals surface area contributed by atoms with Crippen molar-refractivity contribution in [3.05, 3.63) is 16.3 Å². The van der Waals surface area contributed by atoms with Crippen LogP contribution in [-0.4, -0.2) is 27.9 Å². The highest BCUT2D eigenvalue weighted by Gasteiger charge is 2.27. The summed E-state index contributed by atoms with van der Waals surface area (Å²) < 4.78 is 1.78. The van der Waals surface area contributed by atoms with E-state index in [1.807, 2.05) is 20.8 Å². The van der Waals surface area contributed by atoms with Crippen LogP contribution in [0.15, 0.2) is 4.79 Å². The Morgan fingerprint density at radius 2 is 2.19 bits per heavy atom. The maximum atomic E-state index is 11.8. The zero-order chi connectivity index (χ0) is 11.8. The first-order valence-corrected chi connectivity index (χ1v) is 5.88. The molecule has 2 heterocycles. The van der Waals surface area contributed by atoms with Crippen LogP contribution in [0.2, 0.25) is 0 Å². The van der Waals surface area contributed by atoms with Gasteiger partial charge in [-0.15, -0.1) is 0 Å². The van der Waals surface area contributed by atoms with Gasteiger partial charge in [0.1, 0.15) is 5.82 Å². The lowest BCUT2D eigenvalue weighted by molar-refractivity contribution is 0.344. The summed E-state index contributed by atoms with van der Waals surface area (Å²) in [5.74, 6) is 1.25.